The number of sulfone groups is 1. The molecule has 0 aliphatic rings. The van der Waals surface area contributed by atoms with Gasteiger partial charge in [0.25, 0.3) is 0 Å². The number of halogens is 1. The molecule has 0 bridgehead atoms. The van der Waals surface area contributed by atoms with Gasteiger partial charge >= 0.3 is 0 Å². The zero-order chi connectivity index (χ0) is 22.0. The van der Waals surface area contributed by atoms with Crippen LogP contribution in [0, 0.1) is 17.7 Å². The van der Waals surface area contributed by atoms with Crippen molar-refractivity contribution in [3.8, 4) is 28.8 Å². The van der Waals surface area contributed by atoms with E-state index in [1.807, 2.05) is 29.6 Å². The molecule has 0 saturated carbocycles. The molecule has 0 saturated heterocycles. The van der Waals surface area contributed by atoms with Gasteiger partial charge in [0.15, 0.2) is 15.6 Å². The third kappa shape index (κ3) is 4.26. The largest absolute Gasteiger partial charge is 0.495 e. The van der Waals surface area contributed by atoms with E-state index < -0.39 is 20.5 Å². The van der Waals surface area contributed by atoms with Gasteiger partial charge < -0.3 is 14.5 Å². The Morgan fingerprint density at radius 1 is 1.29 bits per heavy atom. The third-order valence-corrected chi connectivity index (χ3v) is 6.20. The van der Waals surface area contributed by atoms with Crippen LogP contribution in [0.1, 0.15) is 5.76 Å². The van der Waals surface area contributed by atoms with Crippen LogP contribution in [0.2, 0.25) is 0 Å². The van der Waals surface area contributed by atoms with Crippen molar-refractivity contribution in [3.63, 3.8) is 0 Å². The molecule has 2 aromatic heterocycles. The molecule has 0 radical (unpaired) electrons. The van der Waals surface area contributed by atoms with E-state index in [-0.39, 0.29) is 12.3 Å². The number of thiazole rings is 1. The second-order valence-electron chi connectivity index (χ2n) is 6.59. The number of fused-ring (bicyclic) bond motifs is 1. The van der Waals surface area contributed by atoms with Crippen LogP contribution in [0.4, 0.5) is 10.1 Å². The lowest BCUT2D eigenvalue weighted by atomic mass is 10.1. The van der Waals surface area contributed by atoms with Gasteiger partial charge in [0, 0.05) is 29.2 Å². The van der Waals surface area contributed by atoms with Gasteiger partial charge in [-0.25, -0.2) is 17.8 Å². The fourth-order valence-electron chi connectivity index (χ4n) is 3.11. The summed E-state index contributed by atoms with van der Waals surface area (Å²) in [6.07, 6.45) is 0.941. The molecular formula is C22H17FN2O4S2. The third-order valence-electron chi connectivity index (χ3n) is 4.51. The Balaban J connectivity index is 1.62. The summed E-state index contributed by atoms with van der Waals surface area (Å²) in [7, 11) is -2.33. The van der Waals surface area contributed by atoms with Gasteiger partial charge in [0.2, 0.25) is 0 Å². The minimum Gasteiger partial charge on any atom is -0.495 e. The first-order chi connectivity index (χ1) is 14.9. The van der Waals surface area contributed by atoms with Crippen LogP contribution in [0.25, 0.3) is 22.2 Å². The summed E-state index contributed by atoms with van der Waals surface area (Å²) in [6.45, 7) is 0.154. The van der Waals surface area contributed by atoms with Crippen molar-refractivity contribution in [2.75, 3.05) is 25.2 Å². The summed E-state index contributed by atoms with van der Waals surface area (Å²) >= 11 is 1.48. The number of nitrogens with zero attached hydrogens (tertiary/aromatic N) is 1. The van der Waals surface area contributed by atoms with E-state index in [9.17, 15) is 12.8 Å². The number of methoxy groups -OCH3 is 1. The monoisotopic (exact) mass is 456 g/mol. The molecule has 158 valence electrons. The molecule has 0 aliphatic heterocycles. The summed E-state index contributed by atoms with van der Waals surface area (Å²) in [5, 5.41) is 5.80. The lowest BCUT2D eigenvalue weighted by molar-refractivity contribution is 0.413. The second-order valence-corrected chi connectivity index (χ2v) is 9.29. The molecule has 4 rings (SSSR count). The Kier molecular flexibility index (Phi) is 5.67. The van der Waals surface area contributed by atoms with Crippen molar-refractivity contribution in [2.24, 2.45) is 0 Å². The molecule has 1 N–H and O–H groups in total. The van der Waals surface area contributed by atoms with E-state index in [4.69, 9.17) is 9.15 Å². The first-order valence-corrected chi connectivity index (χ1v) is 11.9. The van der Waals surface area contributed by atoms with Crippen LogP contribution in [0.3, 0.4) is 0 Å². The molecular weight excluding hydrogens is 439 g/mol. The SMILES string of the molecule is COc1cc(S(C)(=O)=O)c(F)cc1NCC#Cc1oc2ccccc2c1-c1cscn1. The first kappa shape index (κ1) is 20.9. The fourth-order valence-corrected chi connectivity index (χ4v) is 4.39. The maximum absolute atomic E-state index is 14.2. The second kappa shape index (κ2) is 8.41. The highest BCUT2D eigenvalue weighted by Gasteiger charge is 2.18. The number of para-hydroxylation sites is 1. The summed E-state index contributed by atoms with van der Waals surface area (Å²) < 4.78 is 48.7. The highest BCUT2D eigenvalue weighted by molar-refractivity contribution is 7.90. The smallest absolute Gasteiger partial charge is 0.187 e. The Labute approximate surface area is 182 Å². The normalized spacial score (nSPS) is 11.2. The van der Waals surface area contributed by atoms with Gasteiger partial charge in [0.1, 0.15) is 22.0 Å². The molecule has 0 amide bonds. The van der Waals surface area contributed by atoms with Crippen molar-refractivity contribution in [2.45, 2.75) is 4.90 Å². The predicted octanol–water partition coefficient (Wildman–Crippen LogP) is 4.57. The van der Waals surface area contributed by atoms with E-state index in [1.54, 1.807) is 5.51 Å². The van der Waals surface area contributed by atoms with E-state index >= 15 is 0 Å². The Morgan fingerprint density at radius 3 is 2.81 bits per heavy atom. The first-order valence-electron chi connectivity index (χ1n) is 9.09. The van der Waals surface area contributed by atoms with Gasteiger partial charge in [-0.15, -0.1) is 11.3 Å². The van der Waals surface area contributed by atoms with Crippen molar-refractivity contribution >= 4 is 37.8 Å². The molecule has 6 nitrogen and oxygen atoms in total. The Hall–Kier alpha value is -3.35. The number of rotatable bonds is 5. The standard InChI is InChI=1S/C22H17FN2O4S2/c1-28-20-11-21(31(2,26)27)15(23)10-16(20)24-9-5-8-19-22(17-12-30-13-25-17)14-6-3-4-7-18(14)29-19/h3-4,6-7,10-13,24H,9H2,1-2H3. The van der Waals surface area contributed by atoms with Crippen LogP contribution >= 0.6 is 11.3 Å². The summed E-state index contributed by atoms with van der Waals surface area (Å²) in [6, 6.07) is 9.86. The summed E-state index contributed by atoms with van der Waals surface area (Å²) in [4.78, 5) is 3.95. The Morgan fingerprint density at radius 2 is 2.10 bits per heavy atom. The summed E-state index contributed by atoms with van der Waals surface area (Å²) in [5.41, 5.74) is 4.36. The van der Waals surface area contributed by atoms with Gasteiger partial charge in [-0.3, -0.25) is 0 Å². The lowest BCUT2D eigenvalue weighted by Crippen LogP contribution is -2.06. The fraction of sp³-hybridized carbons (Fsp3) is 0.136. The average molecular weight is 457 g/mol. The maximum atomic E-state index is 14.2. The van der Waals surface area contributed by atoms with Gasteiger partial charge in [-0.05, 0) is 12.0 Å². The molecule has 4 aromatic rings. The van der Waals surface area contributed by atoms with Crippen LogP contribution < -0.4 is 10.1 Å². The Bertz CT molecular complexity index is 1420. The number of ether oxygens (including phenoxy) is 1. The van der Waals surface area contributed by atoms with Crippen LogP contribution in [0.15, 0.2) is 56.6 Å². The minimum atomic E-state index is -3.71. The van der Waals surface area contributed by atoms with E-state index in [1.165, 1.54) is 18.4 Å². The molecule has 0 spiro atoms. The number of hydrogen-bond acceptors (Lipinski definition) is 7. The number of anilines is 1. The van der Waals surface area contributed by atoms with Crippen molar-refractivity contribution in [3.05, 3.63) is 58.9 Å². The molecule has 0 atom stereocenters. The van der Waals surface area contributed by atoms with Crippen molar-refractivity contribution < 1.29 is 22.0 Å². The van der Waals surface area contributed by atoms with E-state index in [0.29, 0.717) is 17.0 Å². The molecule has 2 heterocycles. The predicted molar refractivity (Wildman–Crippen MR) is 119 cm³/mol. The highest BCUT2D eigenvalue weighted by atomic mass is 32.2. The average Bonchev–Trinajstić information content (AvgIpc) is 3.37. The van der Waals surface area contributed by atoms with Gasteiger partial charge in [-0.2, -0.15) is 0 Å². The minimum absolute atomic E-state index is 0.154. The highest BCUT2D eigenvalue weighted by Crippen LogP contribution is 2.34. The lowest BCUT2D eigenvalue weighted by Gasteiger charge is -2.11. The van der Waals surface area contributed by atoms with Crippen LogP contribution in [-0.2, 0) is 9.84 Å². The number of furan rings is 1. The molecule has 9 heteroatoms. The number of benzene rings is 2. The topological polar surface area (TPSA) is 81.4 Å². The molecule has 0 fully saturated rings. The van der Waals surface area contributed by atoms with Crippen molar-refractivity contribution in [1.29, 1.82) is 0 Å². The van der Waals surface area contributed by atoms with E-state index in [0.717, 1.165) is 35.0 Å². The van der Waals surface area contributed by atoms with Gasteiger partial charge in [-0.1, -0.05) is 24.1 Å². The molecule has 0 aliphatic carbocycles. The molecule has 0 unspecified atom stereocenters. The van der Waals surface area contributed by atoms with Crippen LogP contribution in [-0.4, -0.2) is 33.3 Å². The number of aromatic nitrogens is 1. The van der Waals surface area contributed by atoms with E-state index in [2.05, 4.69) is 22.1 Å². The van der Waals surface area contributed by atoms with Crippen LogP contribution in [0.5, 0.6) is 5.75 Å². The summed E-state index contributed by atoms with van der Waals surface area (Å²) in [5.74, 6) is 5.79. The quantitative estimate of drug-likeness (QED) is 0.443. The number of hydrogen-bond donors (Lipinski definition) is 1. The maximum Gasteiger partial charge on any atom is 0.187 e. The number of nitrogens with one attached hydrogen (secondary N) is 1. The molecule has 2 aromatic carbocycles. The zero-order valence-electron chi connectivity index (χ0n) is 16.6. The zero-order valence-corrected chi connectivity index (χ0v) is 18.2. The van der Waals surface area contributed by atoms with Crippen molar-refractivity contribution in [1.82, 2.24) is 4.98 Å². The van der Waals surface area contributed by atoms with Gasteiger partial charge in [0.05, 0.1) is 36.1 Å². The molecule has 31 heavy (non-hydrogen) atoms.